The average molecular weight is 262 g/mol. The van der Waals surface area contributed by atoms with Crippen LogP contribution in [-0.2, 0) is 0 Å². The summed E-state index contributed by atoms with van der Waals surface area (Å²) in [5.41, 5.74) is -2.38. The average Bonchev–Trinajstić information content (AvgIpc) is 2.24. The fraction of sp³-hybridized carbons (Fsp3) is 0.111. The van der Waals surface area contributed by atoms with Gasteiger partial charge in [0.15, 0.2) is 0 Å². The number of hydrogen-bond donors (Lipinski definition) is 0. The van der Waals surface area contributed by atoms with Crippen LogP contribution in [-0.4, -0.2) is 16.0 Å². The third kappa shape index (κ3) is 3.27. The third-order valence-electron chi connectivity index (χ3n) is 1.93. The Morgan fingerprint density at radius 1 is 1.11 bits per heavy atom. The molecule has 6 nitrogen and oxygen atoms in total. The van der Waals surface area contributed by atoms with Gasteiger partial charge in [-0.15, -0.1) is 0 Å². The topological polar surface area (TPSA) is 86.3 Å². The molecule has 1 aromatic rings. The maximum Gasteiger partial charge on any atom is 0.422 e. The smallest absolute Gasteiger partial charge is 0.259 e. The number of allylic oxidation sites excluding steroid dienone is 1. The predicted octanol–water partition coefficient (Wildman–Crippen LogP) is 2.77. The molecule has 0 amide bonds. The van der Waals surface area contributed by atoms with E-state index < -0.39 is 32.8 Å². The van der Waals surface area contributed by atoms with Crippen molar-refractivity contribution in [3.63, 3.8) is 0 Å². The number of non-ortho nitro benzene ring substituents is 1. The van der Waals surface area contributed by atoms with Crippen LogP contribution in [0.3, 0.4) is 0 Å². The number of nitro groups is 2. The lowest BCUT2D eigenvalue weighted by Gasteiger charge is -2.08. The standard InChI is InChI=1S/C9H5F3N2O4/c10-9(11,12)8(5-13(15)16)6-1-3-7(4-2-6)14(17)18/h1-5H/b8-5+. The molecule has 0 saturated carbocycles. The van der Waals surface area contributed by atoms with Crippen molar-refractivity contribution in [1.82, 2.24) is 0 Å². The summed E-state index contributed by atoms with van der Waals surface area (Å²) in [6.07, 6.45) is -5.09. The van der Waals surface area contributed by atoms with E-state index in [4.69, 9.17) is 0 Å². The molecule has 96 valence electrons. The van der Waals surface area contributed by atoms with E-state index in [2.05, 4.69) is 0 Å². The SMILES string of the molecule is O=[N+]([O-])/C=C(\c1ccc([N+](=O)[O-])cc1)C(F)(F)F. The van der Waals surface area contributed by atoms with E-state index >= 15 is 0 Å². The molecule has 0 spiro atoms. The summed E-state index contributed by atoms with van der Waals surface area (Å²) >= 11 is 0. The first kappa shape index (κ1) is 13.6. The number of halogens is 3. The molecule has 9 heteroatoms. The molecule has 1 aromatic carbocycles. The van der Waals surface area contributed by atoms with Crippen molar-refractivity contribution in [2.75, 3.05) is 0 Å². The Morgan fingerprint density at radius 2 is 1.61 bits per heavy atom. The highest BCUT2D eigenvalue weighted by molar-refractivity contribution is 5.69. The number of hydrogen-bond acceptors (Lipinski definition) is 4. The maximum absolute atomic E-state index is 12.5. The van der Waals surface area contributed by atoms with Crippen LogP contribution in [0.4, 0.5) is 18.9 Å². The highest BCUT2D eigenvalue weighted by atomic mass is 19.4. The molecule has 0 unspecified atom stereocenters. The van der Waals surface area contributed by atoms with Gasteiger partial charge in [0.1, 0.15) is 5.57 Å². The summed E-state index contributed by atoms with van der Waals surface area (Å²) in [6, 6.07) is 3.30. The highest BCUT2D eigenvalue weighted by Gasteiger charge is 2.37. The minimum Gasteiger partial charge on any atom is -0.259 e. The number of nitro benzene ring substituents is 1. The first-order valence-corrected chi connectivity index (χ1v) is 4.39. The van der Waals surface area contributed by atoms with E-state index in [9.17, 15) is 33.4 Å². The van der Waals surface area contributed by atoms with E-state index in [1.165, 1.54) is 0 Å². The zero-order valence-corrected chi connectivity index (χ0v) is 8.55. The maximum atomic E-state index is 12.5. The molecule has 0 radical (unpaired) electrons. The van der Waals surface area contributed by atoms with Crippen LogP contribution in [0.5, 0.6) is 0 Å². The van der Waals surface area contributed by atoms with Crippen molar-refractivity contribution in [2.45, 2.75) is 6.18 Å². The van der Waals surface area contributed by atoms with Gasteiger partial charge in [0.05, 0.1) is 9.85 Å². The Labute approximate surface area is 97.6 Å². The molecule has 18 heavy (non-hydrogen) atoms. The summed E-state index contributed by atoms with van der Waals surface area (Å²) in [6.45, 7) is 0. The van der Waals surface area contributed by atoms with E-state index in [0.29, 0.717) is 0 Å². The second kappa shape index (κ2) is 4.82. The lowest BCUT2D eigenvalue weighted by atomic mass is 10.1. The lowest BCUT2D eigenvalue weighted by molar-refractivity contribution is -0.402. The van der Waals surface area contributed by atoms with Crippen molar-refractivity contribution >= 4 is 11.3 Å². The van der Waals surface area contributed by atoms with Gasteiger partial charge in [0, 0.05) is 12.1 Å². The van der Waals surface area contributed by atoms with Crippen molar-refractivity contribution < 1.29 is 23.0 Å². The molecule has 0 aliphatic heterocycles. The minimum atomic E-state index is -4.91. The first-order valence-electron chi connectivity index (χ1n) is 4.39. The summed E-state index contributed by atoms with van der Waals surface area (Å²) in [5.74, 6) is 0. The summed E-state index contributed by atoms with van der Waals surface area (Å²) < 4.78 is 37.6. The summed E-state index contributed by atoms with van der Waals surface area (Å²) in [5, 5.41) is 20.4. The zero-order valence-electron chi connectivity index (χ0n) is 8.55. The second-order valence-electron chi connectivity index (χ2n) is 3.13. The van der Waals surface area contributed by atoms with Crippen molar-refractivity contribution in [3.8, 4) is 0 Å². The highest BCUT2D eigenvalue weighted by Crippen LogP contribution is 2.34. The monoisotopic (exact) mass is 262 g/mol. The Morgan fingerprint density at radius 3 is 1.94 bits per heavy atom. The van der Waals surface area contributed by atoms with Crippen molar-refractivity contribution in [1.29, 1.82) is 0 Å². The van der Waals surface area contributed by atoms with Gasteiger partial charge in [-0.05, 0) is 17.7 Å². The molecule has 0 saturated heterocycles. The van der Waals surface area contributed by atoms with Crippen LogP contribution in [0.1, 0.15) is 5.56 Å². The van der Waals surface area contributed by atoms with Crippen LogP contribution in [0.2, 0.25) is 0 Å². The normalized spacial score (nSPS) is 12.3. The molecule has 1 rings (SSSR count). The quantitative estimate of drug-likeness (QED) is 0.619. The largest absolute Gasteiger partial charge is 0.422 e. The fourth-order valence-corrected chi connectivity index (χ4v) is 1.18. The summed E-state index contributed by atoms with van der Waals surface area (Å²) in [4.78, 5) is 18.4. The first-order chi connectivity index (χ1) is 8.21. The van der Waals surface area contributed by atoms with Crippen LogP contribution >= 0.6 is 0 Å². The van der Waals surface area contributed by atoms with Gasteiger partial charge < -0.3 is 0 Å². The van der Waals surface area contributed by atoms with Gasteiger partial charge in [-0.2, -0.15) is 13.2 Å². The van der Waals surface area contributed by atoms with Crippen LogP contribution in [0.15, 0.2) is 30.5 Å². The molecule has 0 N–H and O–H groups in total. The van der Waals surface area contributed by atoms with Gasteiger partial charge in [0.25, 0.3) is 5.69 Å². The molecule has 0 aromatic heterocycles. The van der Waals surface area contributed by atoms with Gasteiger partial charge in [-0.25, -0.2) is 0 Å². The lowest BCUT2D eigenvalue weighted by Crippen LogP contribution is -2.12. The molecular weight excluding hydrogens is 257 g/mol. The van der Waals surface area contributed by atoms with Crippen LogP contribution < -0.4 is 0 Å². The second-order valence-corrected chi connectivity index (χ2v) is 3.13. The van der Waals surface area contributed by atoms with Crippen molar-refractivity contribution in [3.05, 3.63) is 56.3 Å². The predicted molar refractivity (Wildman–Crippen MR) is 54.1 cm³/mol. The molecule has 0 aliphatic carbocycles. The number of alkyl halides is 3. The summed E-state index contributed by atoms with van der Waals surface area (Å²) in [7, 11) is 0. The van der Waals surface area contributed by atoms with Gasteiger partial charge >= 0.3 is 6.18 Å². The number of benzene rings is 1. The van der Waals surface area contributed by atoms with Gasteiger partial charge in [0.2, 0.25) is 6.20 Å². The Kier molecular flexibility index (Phi) is 3.64. The number of nitrogens with zero attached hydrogens (tertiary/aromatic N) is 2. The van der Waals surface area contributed by atoms with E-state index in [1.54, 1.807) is 0 Å². The Hall–Kier alpha value is -2.45. The minimum absolute atomic E-state index is 0.179. The molecule has 0 bridgehead atoms. The molecule has 0 fully saturated rings. The zero-order chi connectivity index (χ0) is 13.9. The third-order valence-corrected chi connectivity index (χ3v) is 1.93. The fourth-order valence-electron chi connectivity index (χ4n) is 1.18. The molecule has 0 heterocycles. The van der Waals surface area contributed by atoms with E-state index in [-0.39, 0.29) is 6.20 Å². The van der Waals surface area contributed by atoms with Gasteiger partial charge in [-0.3, -0.25) is 20.2 Å². The van der Waals surface area contributed by atoms with E-state index in [1.807, 2.05) is 0 Å². The van der Waals surface area contributed by atoms with E-state index in [0.717, 1.165) is 24.3 Å². The van der Waals surface area contributed by atoms with Gasteiger partial charge in [-0.1, -0.05) is 0 Å². The van der Waals surface area contributed by atoms with Crippen LogP contribution in [0, 0.1) is 20.2 Å². The Bertz CT molecular complexity index is 508. The molecular formula is C9H5F3N2O4. The molecule has 0 atom stereocenters. The van der Waals surface area contributed by atoms with Crippen molar-refractivity contribution in [2.24, 2.45) is 0 Å². The Balaban J connectivity index is 3.23. The van der Waals surface area contributed by atoms with Crippen LogP contribution in [0.25, 0.3) is 5.57 Å². The molecule has 0 aliphatic rings. The number of rotatable bonds is 3.